The van der Waals surface area contributed by atoms with E-state index in [4.69, 9.17) is 28.5 Å². The van der Waals surface area contributed by atoms with Crippen molar-refractivity contribution in [2.24, 2.45) is 0 Å². The fourth-order valence-electron chi connectivity index (χ4n) is 4.74. The van der Waals surface area contributed by atoms with Crippen LogP contribution in [0.4, 0.5) is 0 Å². The Morgan fingerprint density at radius 3 is 2.57 bits per heavy atom. The maximum Gasteiger partial charge on any atom is 0.243 e. The van der Waals surface area contributed by atoms with Crippen molar-refractivity contribution in [3.05, 3.63) is 35.9 Å². The molecule has 1 aromatic rings. The first kappa shape index (κ1) is 20.8. The molecule has 4 heterocycles. The minimum absolute atomic E-state index is 0.189. The van der Waals surface area contributed by atoms with Crippen molar-refractivity contribution in [1.29, 1.82) is 0 Å². The second kappa shape index (κ2) is 7.21. The first-order chi connectivity index (χ1) is 14.2. The highest BCUT2D eigenvalue weighted by atomic mass is 16.9. The van der Waals surface area contributed by atoms with Gasteiger partial charge in [-0.05, 0) is 40.2 Å². The summed E-state index contributed by atoms with van der Waals surface area (Å²) in [6.45, 7) is 11.5. The van der Waals surface area contributed by atoms with E-state index >= 15 is 0 Å². The number of ether oxygens (including phenoxy) is 5. The highest BCUT2D eigenvalue weighted by Crippen LogP contribution is 2.51. The minimum Gasteiger partial charge on any atom is -0.348 e. The van der Waals surface area contributed by atoms with Gasteiger partial charge in [0.2, 0.25) is 5.79 Å². The lowest BCUT2D eigenvalue weighted by Crippen LogP contribution is -2.65. The summed E-state index contributed by atoms with van der Waals surface area (Å²) >= 11 is 0. The smallest absolute Gasteiger partial charge is 0.243 e. The molecule has 0 unspecified atom stereocenters. The van der Waals surface area contributed by atoms with E-state index in [9.17, 15) is 0 Å². The van der Waals surface area contributed by atoms with E-state index in [1.165, 1.54) is 5.56 Å². The third-order valence-corrected chi connectivity index (χ3v) is 6.11. The quantitative estimate of drug-likeness (QED) is 0.798. The van der Waals surface area contributed by atoms with Crippen molar-refractivity contribution < 1.29 is 28.5 Å². The van der Waals surface area contributed by atoms with Gasteiger partial charge in [0, 0.05) is 19.1 Å². The lowest BCUT2D eigenvalue weighted by Gasteiger charge is -2.44. The van der Waals surface area contributed by atoms with E-state index in [1.807, 2.05) is 51.0 Å². The van der Waals surface area contributed by atoms with Gasteiger partial charge in [-0.3, -0.25) is 10.2 Å². The normalized spacial score (nSPS) is 42.6. The molecule has 8 heteroatoms. The predicted molar refractivity (Wildman–Crippen MR) is 107 cm³/mol. The van der Waals surface area contributed by atoms with Crippen LogP contribution >= 0.6 is 0 Å². The van der Waals surface area contributed by atoms with Crippen LogP contribution in [0.15, 0.2) is 30.3 Å². The summed E-state index contributed by atoms with van der Waals surface area (Å²) in [4.78, 5) is 6.44. The lowest BCUT2D eigenvalue weighted by molar-refractivity contribution is -0.373. The maximum absolute atomic E-state index is 6.47. The Hall–Kier alpha value is -1.10. The first-order valence-corrected chi connectivity index (χ1v) is 10.8. The zero-order chi connectivity index (χ0) is 21.1. The highest BCUT2D eigenvalue weighted by Gasteiger charge is 2.71. The molecule has 5 rings (SSSR count). The molecule has 4 fully saturated rings. The average Bonchev–Trinajstić information content (AvgIpc) is 3.12. The minimum atomic E-state index is -1.13. The molecule has 1 N–H and O–H groups in total. The number of rotatable bonds is 3. The Kier molecular flexibility index (Phi) is 5.00. The molecule has 0 spiro atoms. The molecule has 0 radical (unpaired) electrons. The summed E-state index contributed by atoms with van der Waals surface area (Å²) in [5.41, 5.74) is 1.18. The Morgan fingerprint density at radius 1 is 1.03 bits per heavy atom. The topological polar surface area (TPSA) is 70.7 Å². The van der Waals surface area contributed by atoms with Gasteiger partial charge in [-0.15, -0.1) is 0 Å². The van der Waals surface area contributed by atoms with Gasteiger partial charge in [0.1, 0.15) is 18.3 Å². The monoisotopic (exact) mass is 420 g/mol. The fraction of sp³-hybridized carbons (Fsp3) is 0.727. The zero-order valence-corrected chi connectivity index (χ0v) is 18.3. The van der Waals surface area contributed by atoms with Crippen molar-refractivity contribution in [1.82, 2.24) is 10.4 Å². The molecule has 0 amide bonds. The second-order valence-electron chi connectivity index (χ2n) is 9.51. The van der Waals surface area contributed by atoms with Gasteiger partial charge in [-0.25, -0.2) is 0 Å². The summed E-state index contributed by atoms with van der Waals surface area (Å²) < 4.78 is 31.2. The van der Waals surface area contributed by atoms with Crippen molar-refractivity contribution in [2.75, 3.05) is 13.2 Å². The molecule has 1 aromatic carbocycles. The summed E-state index contributed by atoms with van der Waals surface area (Å²) in [6, 6.07) is 10.5. The maximum atomic E-state index is 6.47. The molecule has 166 valence electrons. The first-order valence-electron chi connectivity index (χ1n) is 10.8. The van der Waals surface area contributed by atoms with Crippen molar-refractivity contribution >= 4 is 0 Å². The van der Waals surface area contributed by atoms with Crippen LogP contribution in [-0.4, -0.2) is 66.2 Å². The molecule has 0 saturated carbocycles. The molecule has 4 aliphatic rings. The molecule has 30 heavy (non-hydrogen) atoms. The van der Waals surface area contributed by atoms with Gasteiger partial charge in [0.25, 0.3) is 0 Å². The molecule has 4 aliphatic heterocycles. The third kappa shape index (κ3) is 3.59. The number of nitrogens with one attached hydrogen (secondary N) is 1. The SMILES string of the molecule is C[C@@H]1CN[C@H]([C@@]23O[C@H]4COC(C)(C)O[C@H]4[C@@H]2OC(C)(C)O3)ON1Cc1ccccc1. The number of fused-ring (bicyclic) bond motifs is 3. The van der Waals surface area contributed by atoms with E-state index in [0.717, 1.165) is 6.54 Å². The van der Waals surface area contributed by atoms with Gasteiger partial charge >= 0.3 is 0 Å². The van der Waals surface area contributed by atoms with Gasteiger partial charge in [0.15, 0.2) is 17.8 Å². The molecule has 0 bridgehead atoms. The zero-order valence-electron chi connectivity index (χ0n) is 18.3. The van der Waals surface area contributed by atoms with Crippen LogP contribution in [0.2, 0.25) is 0 Å². The number of hydrogen-bond acceptors (Lipinski definition) is 8. The van der Waals surface area contributed by atoms with Crippen LogP contribution in [0, 0.1) is 0 Å². The number of hydrogen-bond donors (Lipinski definition) is 1. The highest BCUT2D eigenvalue weighted by molar-refractivity contribution is 5.14. The van der Waals surface area contributed by atoms with Crippen LogP contribution in [0.25, 0.3) is 0 Å². The van der Waals surface area contributed by atoms with E-state index in [-0.39, 0.29) is 18.2 Å². The molecule has 0 aliphatic carbocycles. The number of benzene rings is 1. The van der Waals surface area contributed by atoms with Crippen LogP contribution in [0.5, 0.6) is 0 Å². The molecule has 6 atom stereocenters. The second-order valence-corrected chi connectivity index (χ2v) is 9.51. The number of hydroxylamine groups is 2. The Balaban J connectivity index is 1.41. The summed E-state index contributed by atoms with van der Waals surface area (Å²) in [5.74, 6) is -2.65. The van der Waals surface area contributed by atoms with E-state index in [1.54, 1.807) is 0 Å². The van der Waals surface area contributed by atoms with E-state index < -0.39 is 29.7 Å². The van der Waals surface area contributed by atoms with E-state index in [2.05, 4.69) is 24.4 Å². The third-order valence-electron chi connectivity index (χ3n) is 6.11. The molecule has 0 aromatic heterocycles. The van der Waals surface area contributed by atoms with Crippen molar-refractivity contribution in [3.63, 3.8) is 0 Å². The fourth-order valence-corrected chi connectivity index (χ4v) is 4.74. The Labute approximate surface area is 177 Å². The van der Waals surface area contributed by atoms with Crippen LogP contribution in [-0.2, 0) is 35.1 Å². The lowest BCUT2D eigenvalue weighted by atomic mass is 10.0. The van der Waals surface area contributed by atoms with Crippen molar-refractivity contribution in [2.45, 2.75) is 89.1 Å². The number of nitrogens with zero attached hydrogens (tertiary/aromatic N) is 1. The molecular weight excluding hydrogens is 388 g/mol. The Bertz CT molecular complexity index is 774. The predicted octanol–water partition coefficient (Wildman–Crippen LogP) is 2.14. The molecular formula is C22H32N2O6. The van der Waals surface area contributed by atoms with Crippen LogP contribution in [0.1, 0.15) is 40.2 Å². The molecule has 8 nitrogen and oxygen atoms in total. The van der Waals surface area contributed by atoms with Crippen molar-refractivity contribution in [3.8, 4) is 0 Å². The van der Waals surface area contributed by atoms with Crippen LogP contribution < -0.4 is 5.32 Å². The average molecular weight is 421 g/mol. The van der Waals surface area contributed by atoms with Crippen LogP contribution in [0.3, 0.4) is 0 Å². The standard InChI is InChI=1S/C22H32N2O6/c1-14-11-23-19(29-24(14)12-15-9-7-6-8-10-15)22-18(28-21(4,5)30-22)17-16(26-22)13-25-20(2,3)27-17/h6-10,14,16-19,23H,11-13H2,1-5H3/t14-,16+,17-,18+,19+,22-/m1/s1. The van der Waals surface area contributed by atoms with Gasteiger partial charge < -0.3 is 23.7 Å². The Morgan fingerprint density at radius 2 is 1.80 bits per heavy atom. The van der Waals surface area contributed by atoms with E-state index in [0.29, 0.717) is 13.2 Å². The summed E-state index contributed by atoms with van der Waals surface area (Å²) in [7, 11) is 0. The van der Waals surface area contributed by atoms with Gasteiger partial charge in [-0.1, -0.05) is 30.3 Å². The molecule has 4 saturated heterocycles. The van der Waals surface area contributed by atoms with Gasteiger partial charge in [-0.2, -0.15) is 5.06 Å². The summed E-state index contributed by atoms with van der Waals surface area (Å²) in [6.07, 6.45) is -1.57. The largest absolute Gasteiger partial charge is 0.348 e. The summed E-state index contributed by atoms with van der Waals surface area (Å²) in [5, 5.41) is 5.46. The van der Waals surface area contributed by atoms with Gasteiger partial charge in [0.05, 0.1) is 6.61 Å².